The van der Waals surface area contributed by atoms with Crippen molar-refractivity contribution in [2.75, 3.05) is 0 Å². The zero-order valence-corrected chi connectivity index (χ0v) is 7.88. The van der Waals surface area contributed by atoms with E-state index < -0.39 is 23.1 Å². The maximum Gasteiger partial charge on any atom is 0.254 e. The lowest BCUT2D eigenvalue weighted by Crippen LogP contribution is -2.21. The van der Waals surface area contributed by atoms with Crippen LogP contribution in [0.5, 0.6) is 0 Å². The number of benzene rings is 1. The van der Waals surface area contributed by atoms with Crippen molar-refractivity contribution < 1.29 is 18.0 Å². The average molecular weight is 224 g/mol. The number of primary amides is 1. The quantitative estimate of drug-likeness (QED) is 0.765. The van der Waals surface area contributed by atoms with Gasteiger partial charge >= 0.3 is 0 Å². The first-order valence-electron chi connectivity index (χ1n) is 4.26. The van der Waals surface area contributed by atoms with Crippen molar-refractivity contribution in [1.82, 2.24) is 0 Å². The normalized spacial score (nSPS) is 10.6. The van der Waals surface area contributed by atoms with Crippen molar-refractivity contribution in [3.63, 3.8) is 0 Å². The van der Waals surface area contributed by atoms with Gasteiger partial charge in [-0.25, -0.2) is 8.78 Å². The number of amides is 1. The third-order valence-corrected chi connectivity index (χ3v) is 2.05. The van der Waals surface area contributed by atoms with E-state index in [0.29, 0.717) is 6.07 Å². The van der Waals surface area contributed by atoms with Crippen LogP contribution in [0.1, 0.15) is 10.4 Å². The number of nitrogens with one attached hydrogen (secondary N) is 1. The molecule has 1 aromatic heterocycles. The average Bonchev–Trinajstić information content (AvgIpc) is 2.18. The molecule has 0 unspecified atom stereocenters. The first kappa shape index (κ1) is 10.3. The van der Waals surface area contributed by atoms with Gasteiger partial charge in [0.1, 0.15) is 11.4 Å². The molecule has 6 heteroatoms. The minimum absolute atomic E-state index is 0.0438. The maximum absolute atomic E-state index is 13.2. The molecule has 0 bridgehead atoms. The van der Waals surface area contributed by atoms with Crippen LogP contribution in [-0.4, -0.2) is 5.91 Å². The molecule has 0 radical (unpaired) electrons. The molecule has 2 aromatic rings. The van der Waals surface area contributed by atoms with Gasteiger partial charge in [0.05, 0.1) is 0 Å². The van der Waals surface area contributed by atoms with Crippen molar-refractivity contribution in [2.24, 2.45) is 5.73 Å². The predicted molar refractivity (Wildman–Crippen MR) is 50.5 cm³/mol. The summed E-state index contributed by atoms with van der Waals surface area (Å²) in [5, 5.41) is 7.35. The Morgan fingerprint density at radius 2 is 2.00 bits per heavy atom. The Morgan fingerprint density at radius 1 is 1.31 bits per heavy atom. The third kappa shape index (κ3) is 1.54. The Labute approximate surface area is 87.8 Å². The summed E-state index contributed by atoms with van der Waals surface area (Å²) in [5.41, 5.74) is 3.92. The molecule has 0 saturated heterocycles. The molecule has 0 saturated carbocycles. The number of halogens is 2. The summed E-state index contributed by atoms with van der Waals surface area (Å²) in [4.78, 5) is 10.9. The minimum Gasteiger partial charge on any atom is -0.435 e. The number of hydrogen-bond donors (Lipinski definition) is 2. The van der Waals surface area contributed by atoms with Gasteiger partial charge in [0.15, 0.2) is 11.4 Å². The van der Waals surface area contributed by atoms with Crippen LogP contribution in [0.2, 0.25) is 0 Å². The summed E-state index contributed by atoms with van der Waals surface area (Å²) in [6, 6.07) is 2.75. The van der Waals surface area contributed by atoms with E-state index in [9.17, 15) is 13.6 Å². The van der Waals surface area contributed by atoms with E-state index in [1.54, 1.807) is 0 Å². The van der Waals surface area contributed by atoms with Gasteiger partial charge in [0.25, 0.3) is 5.91 Å². The highest BCUT2D eigenvalue weighted by Gasteiger charge is 2.11. The van der Waals surface area contributed by atoms with Crippen LogP contribution < -0.4 is 11.3 Å². The molecule has 1 aromatic carbocycles. The molecular formula is C10H6F2N2O2. The molecule has 2 rings (SSSR count). The van der Waals surface area contributed by atoms with E-state index in [4.69, 9.17) is 15.6 Å². The van der Waals surface area contributed by atoms with Crippen LogP contribution in [-0.2, 0) is 0 Å². The largest absolute Gasteiger partial charge is 0.435 e. The summed E-state index contributed by atoms with van der Waals surface area (Å²) < 4.78 is 30.9. The smallest absolute Gasteiger partial charge is 0.254 e. The summed E-state index contributed by atoms with van der Waals surface area (Å²) in [7, 11) is 0. The van der Waals surface area contributed by atoms with Gasteiger partial charge in [0.2, 0.25) is 5.55 Å². The zero-order chi connectivity index (χ0) is 11.9. The van der Waals surface area contributed by atoms with Gasteiger partial charge in [-0.15, -0.1) is 0 Å². The highest BCUT2D eigenvalue weighted by atomic mass is 19.1. The molecule has 0 atom stereocenters. The van der Waals surface area contributed by atoms with Crippen molar-refractivity contribution in [3.05, 3.63) is 41.0 Å². The lowest BCUT2D eigenvalue weighted by molar-refractivity contribution is 0.0996. The van der Waals surface area contributed by atoms with Crippen LogP contribution >= 0.6 is 0 Å². The number of hydrogen-bond acceptors (Lipinski definition) is 3. The van der Waals surface area contributed by atoms with Crippen LogP contribution in [0, 0.1) is 17.0 Å². The van der Waals surface area contributed by atoms with Gasteiger partial charge in [-0.3, -0.25) is 10.2 Å². The monoisotopic (exact) mass is 224 g/mol. The molecule has 0 aliphatic carbocycles. The molecular weight excluding hydrogens is 218 g/mol. The van der Waals surface area contributed by atoms with Gasteiger partial charge in [-0.05, 0) is 12.1 Å². The molecule has 0 aliphatic heterocycles. The molecule has 0 aliphatic rings. The van der Waals surface area contributed by atoms with E-state index in [-0.39, 0.29) is 16.5 Å². The summed E-state index contributed by atoms with van der Waals surface area (Å²) in [5.74, 6) is -2.62. The highest BCUT2D eigenvalue weighted by Crippen LogP contribution is 2.18. The Kier molecular flexibility index (Phi) is 2.19. The molecule has 1 heterocycles. The Hall–Kier alpha value is -2.24. The molecule has 1 amide bonds. The maximum atomic E-state index is 13.2. The van der Waals surface area contributed by atoms with Gasteiger partial charge in [0, 0.05) is 11.5 Å². The van der Waals surface area contributed by atoms with E-state index in [1.165, 1.54) is 0 Å². The lowest BCUT2D eigenvalue weighted by atomic mass is 10.1. The minimum atomic E-state index is -0.931. The van der Waals surface area contributed by atoms with E-state index >= 15 is 0 Å². The first-order valence-corrected chi connectivity index (χ1v) is 4.26. The van der Waals surface area contributed by atoms with Crippen LogP contribution in [0.4, 0.5) is 8.78 Å². The highest BCUT2D eigenvalue weighted by molar-refractivity contribution is 5.95. The second-order valence-corrected chi connectivity index (χ2v) is 3.16. The molecule has 82 valence electrons. The number of nitrogens with two attached hydrogens (primary N) is 1. The van der Waals surface area contributed by atoms with Crippen LogP contribution in [0.3, 0.4) is 0 Å². The zero-order valence-electron chi connectivity index (χ0n) is 7.88. The van der Waals surface area contributed by atoms with Gasteiger partial charge < -0.3 is 10.2 Å². The predicted octanol–water partition coefficient (Wildman–Crippen LogP) is 1.29. The van der Waals surface area contributed by atoms with Gasteiger partial charge in [-0.2, -0.15) is 0 Å². The molecule has 16 heavy (non-hydrogen) atoms. The van der Waals surface area contributed by atoms with Crippen molar-refractivity contribution >= 4 is 16.9 Å². The fraction of sp³-hybridized carbons (Fsp3) is 0. The molecule has 3 N–H and O–H groups in total. The summed E-state index contributed by atoms with van der Waals surface area (Å²) in [6.45, 7) is 0. The number of carbonyl (C=O) groups excluding carboxylic acids is 1. The summed E-state index contributed by atoms with van der Waals surface area (Å²) >= 11 is 0. The Morgan fingerprint density at radius 3 is 2.62 bits per heavy atom. The lowest BCUT2D eigenvalue weighted by Gasteiger charge is -2.01. The van der Waals surface area contributed by atoms with Crippen LogP contribution in [0.15, 0.2) is 22.6 Å². The SMILES string of the molecule is N=c1oc2c(F)cc(F)cc2cc1C(N)=O. The van der Waals surface area contributed by atoms with Crippen molar-refractivity contribution in [3.8, 4) is 0 Å². The Bertz CT molecular complexity index is 649. The summed E-state index contributed by atoms with van der Waals surface area (Å²) in [6.07, 6.45) is 0. The standard InChI is InChI=1S/C10H6F2N2O2/c11-5-1-4-2-6(9(13)15)10(14)16-8(4)7(12)3-5/h1-3,14H,(H2,13,15). The first-order chi connectivity index (χ1) is 7.49. The third-order valence-electron chi connectivity index (χ3n) is 2.05. The molecule has 0 spiro atoms. The second-order valence-electron chi connectivity index (χ2n) is 3.16. The Balaban J connectivity index is 2.90. The van der Waals surface area contributed by atoms with Crippen molar-refractivity contribution in [2.45, 2.75) is 0 Å². The number of carbonyl (C=O) groups is 1. The van der Waals surface area contributed by atoms with Crippen LogP contribution in [0.25, 0.3) is 11.0 Å². The van der Waals surface area contributed by atoms with E-state index in [1.807, 2.05) is 0 Å². The topological polar surface area (TPSA) is 80.1 Å². The molecule has 4 nitrogen and oxygen atoms in total. The fourth-order valence-electron chi connectivity index (χ4n) is 1.36. The van der Waals surface area contributed by atoms with E-state index in [2.05, 4.69) is 0 Å². The van der Waals surface area contributed by atoms with Crippen molar-refractivity contribution in [1.29, 1.82) is 5.41 Å². The number of fused-ring (bicyclic) bond motifs is 1. The van der Waals surface area contributed by atoms with E-state index in [0.717, 1.165) is 12.1 Å². The second kappa shape index (κ2) is 3.41. The molecule has 0 fully saturated rings. The fourth-order valence-corrected chi connectivity index (χ4v) is 1.36. The van der Waals surface area contributed by atoms with Gasteiger partial charge in [-0.1, -0.05) is 0 Å². The number of rotatable bonds is 1.